The largest absolute Gasteiger partial charge is 0.348 e. The maximum atomic E-state index is 13.6. The molecule has 1 aromatic carbocycles. The second-order valence-electron chi connectivity index (χ2n) is 8.68. The fourth-order valence-corrected chi connectivity index (χ4v) is 5.52. The van der Waals surface area contributed by atoms with Crippen LogP contribution < -0.4 is 9.80 Å². The van der Waals surface area contributed by atoms with Gasteiger partial charge in [-0.1, -0.05) is 12.8 Å². The van der Waals surface area contributed by atoms with Gasteiger partial charge in [-0.2, -0.15) is 0 Å². The summed E-state index contributed by atoms with van der Waals surface area (Å²) in [6.07, 6.45) is 12.0. The predicted molar refractivity (Wildman–Crippen MR) is 125 cm³/mol. The van der Waals surface area contributed by atoms with Crippen LogP contribution in [0.15, 0.2) is 42.2 Å². The van der Waals surface area contributed by atoms with Crippen LogP contribution in [-0.2, 0) is 6.54 Å². The highest BCUT2D eigenvalue weighted by Gasteiger charge is 2.24. The van der Waals surface area contributed by atoms with Gasteiger partial charge in [-0.3, -0.25) is 4.79 Å². The summed E-state index contributed by atoms with van der Waals surface area (Å²) in [5, 5.41) is 3.03. The summed E-state index contributed by atoms with van der Waals surface area (Å²) in [7, 11) is 0. The second-order valence-corrected chi connectivity index (χ2v) is 9.52. The first-order valence-electron chi connectivity index (χ1n) is 11.5. The van der Waals surface area contributed by atoms with Crippen LogP contribution in [0.5, 0.6) is 0 Å². The van der Waals surface area contributed by atoms with Gasteiger partial charge in [-0.05, 0) is 56.4 Å². The fourth-order valence-electron chi connectivity index (χ4n) is 4.65. The smallest absolute Gasteiger partial charge is 0.278 e. The number of nitrogens with zero attached hydrogens (tertiary/aromatic N) is 5. The molecule has 0 radical (unpaired) electrons. The van der Waals surface area contributed by atoms with Gasteiger partial charge in [0, 0.05) is 36.4 Å². The van der Waals surface area contributed by atoms with Gasteiger partial charge in [0.05, 0.1) is 18.6 Å². The lowest BCUT2D eigenvalue weighted by Gasteiger charge is -2.26. The summed E-state index contributed by atoms with van der Waals surface area (Å²) in [5.74, 6) is -0.520. The van der Waals surface area contributed by atoms with E-state index in [2.05, 4.69) is 14.5 Å². The minimum Gasteiger partial charge on any atom is -0.348 e. The Labute approximate surface area is 191 Å². The molecule has 3 heterocycles. The lowest BCUT2D eigenvalue weighted by Crippen LogP contribution is -2.31. The molecule has 0 spiro atoms. The van der Waals surface area contributed by atoms with Crippen LogP contribution in [0.3, 0.4) is 0 Å². The van der Waals surface area contributed by atoms with Crippen molar-refractivity contribution in [2.24, 2.45) is 0 Å². The van der Waals surface area contributed by atoms with E-state index >= 15 is 0 Å². The molecule has 1 amide bonds. The van der Waals surface area contributed by atoms with Crippen LogP contribution >= 0.6 is 11.3 Å². The zero-order chi connectivity index (χ0) is 21.9. The number of imidazole rings is 1. The summed E-state index contributed by atoms with van der Waals surface area (Å²) in [5.41, 5.74) is 1.88. The average Bonchev–Trinajstić information content (AvgIpc) is 3.60. The zero-order valence-corrected chi connectivity index (χ0v) is 18.9. The molecule has 2 aromatic heterocycles. The van der Waals surface area contributed by atoms with E-state index in [4.69, 9.17) is 4.98 Å². The minimum atomic E-state index is -0.326. The van der Waals surface area contributed by atoms with Crippen molar-refractivity contribution in [2.75, 3.05) is 22.9 Å². The number of carbonyl (C=O) groups excluding carboxylic acids is 1. The summed E-state index contributed by atoms with van der Waals surface area (Å²) in [6.45, 7) is 2.39. The Kier molecular flexibility index (Phi) is 6.21. The number of benzene rings is 1. The first kappa shape index (κ1) is 21.1. The van der Waals surface area contributed by atoms with E-state index < -0.39 is 0 Å². The molecule has 32 heavy (non-hydrogen) atoms. The van der Waals surface area contributed by atoms with Crippen LogP contribution in [-0.4, -0.2) is 33.5 Å². The quantitative estimate of drug-likeness (QED) is 0.499. The van der Waals surface area contributed by atoms with Gasteiger partial charge in [0.25, 0.3) is 5.91 Å². The highest BCUT2D eigenvalue weighted by atomic mass is 32.1. The molecular formula is C24H28FN5OS. The van der Waals surface area contributed by atoms with Crippen LogP contribution in [0.2, 0.25) is 0 Å². The number of rotatable bonds is 6. The third-order valence-corrected chi connectivity index (χ3v) is 7.39. The van der Waals surface area contributed by atoms with Crippen molar-refractivity contribution in [2.45, 2.75) is 57.5 Å². The topological polar surface area (TPSA) is 54.3 Å². The molecule has 0 unspecified atom stereocenters. The molecule has 0 bridgehead atoms. The summed E-state index contributed by atoms with van der Waals surface area (Å²) in [4.78, 5) is 26.7. The van der Waals surface area contributed by atoms with Gasteiger partial charge in [0.2, 0.25) is 0 Å². The third-order valence-electron chi connectivity index (χ3n) is 6.44. The van der Waals surface area contributed by atoms with Gasteiger partial charge in [0.1, 0.15) is 11.5 Å². The Morgan fingerprint density at radius 2 is 1.84 bits per heavy atom. The van der Waals surface area contributed by atoms with Crippen molar-refractivity contribution < 1.29 is 9.18 Å². The van der Waals surface area contributed by atoms with Gasteiger partial charge >= 0.3 is 0 Å². The van der Waals surface area contributed by atoms with Gasteiger partial charge in [0.15, 0.2) is 5.13 Å². The molecular weight excluding hydrogens is 425 g/mol. The molecule has 1 saturated heterocycles. The van der Waals surface area contributed by atoms with E-state index in [1.54, 1.807) is 34.7 Å². The number of anilines is 2. The molecule has 1 aliphatic carbocycles. The monoisotopic (exact) mass is 453 g/mol. The number of hydrogen-bond acceptors (Lipinski definition) is 5. The third kappa shape index (κ3) is 4.55. The molecule has 5 rings (SSSR count). The Hall–Kier alpha value is -2.74. The average molecular weight is 454 g/mol. The zero-order valence-electron chi connectivity index (χ0n) is 18.1. The number of hydrogen-bond donors (Lipinski definition) is 0. The standard InChI is InChI=1S/C24H28FN5OS/c25-18-8-10-21(11-9-18)30(14-19-16-32-24(27-19)28-12-4-1-5-13-28)23(31)22-15-29(17-26-22)20-6-2-3-7-20/h8-11,15-17,20H,1-7,12-14H2. The molecule has 8 heteroatoms. The molecule has 0 atom stereocenters. The van der Waals surface area contributed by atoms with Crippen molar-refractivity contribution in [3.8, 4) is 0 Å². The van der Waals surface area contributed by atoms with E-state index in [9.17, 15) is 9.18 Å². The Morgan fingerprint density at radius 1 is 1.09 bits per heavy atom. The summed E-state index contributed by atoms with van der Waals surface area (Å²) in [6, 6.07) is 6.46. The molecule has 2 fully saturated rings. The number of amides is 1. The van der Waals surface area contributed by atoms with E-state index in [0.717, 1.165) is 36.8 Å². The van der Waals surface area contributed by atoms with Crippen LogP contribution in [0, 0.1) is 5.82 Å². The Balaban J connectivity index is 1.39. The molecule has 3 aromatic rings. The normalized spacial score (nSPS) is 17.1. The second kappa shape index (κ2) is 9.40. The Bertz CT molecular complexity index is 1050. The molecule has 1 aliphatic heterocycles. The highest BCUT2D eigenvalue weighted by Crippen LogP contribution is 2.30. The van der Waals surface area contributed by atoms with Crippen molar-refractivity contribution in [1.82, 2.24) is 14.5 Å². The SMILES string of the molecule is O=C(c1cn(C2CCCC2)cn1)N(Cc1csc(N2CCCCC2)n1)c1ccc(F)cc1. The van der Waals surface area contributed by atoms with E-state index in [-0.39, 0.29) is 11.7 Å². The molecule has 1 saturated carbocycles. The van der Waals surface area contributed by atoms with Crippen molar-refractivity contribution in [3.05, 3.63) is 59.4 Å². The lowest BCUT2D eigenvalue weighted by atomic mass is 10.1. The maximum absolute atomic E-state index is 13.6. The summed E-state index contributed by atoms with van der Waals surface area (Å²) < 4.78 is 15.6. The Morgan fingerprint density at radius 3 is 2.59 bits per heavy atom. The number of piperidine rings is 1. The van der Waals surface area contributed by atoms with E-state index in [1.165, 1.54) is 44.2 Å². The highest BCUT2D eigenvalue weighted by molar-refractivity contribution is 7.13. The number of thiazole rings is 1. The number of aromatic nitrogens is 3. The summed E-state index contributed by atoms with van der Waals surface area (Å²) >= 11 is 1.62. The molecule has 6 nitrogen and oxygen atoms in total. The lowest BCUT2D eigenvalue weighted by molar-refractivity contribution is 0.0980. The van der Waals surface area contributed by atoms with Crippen molar-refractivity contribution in [3.63, 3.8) is 0 Å². The first-order valence-corrected chi connectivity index (χ1v) is 12.4. The van der Waals surface area contributed by atoms with Crippen molar-refractivity contribution in [1.29, 1.82) is 0 Å². The van der Waals surface area contributed by atoms with Crippen LogP contribution in [0.25, 0.3) is 0 Å². The van der Waals surface area contributed by atoms with Gasteiger partial charge in [-0.15, -0.1) is 11.3 Å². The minimum absolute atomic E-state index is 0.194. The van der Waals surface area contributed by atoms with E-state index in [1.807, 2.05) is 11.6 Å². The first-order chi connectivity index (χ1) is 15.7. The van der Waals surface area contributed by atoms with Gasteiger partial charge in [-0.25, -0.2) is 14.4 Å². The van der Waals surface area contributed by atoms with Gasteiger partial charge < -0.3 is 14.4 Å². The molecule has 168 valence electrons. The molecule has 2 aliphatic rings. The van der Waals surface area contributed by atoms with Crippen LogP contribution in [0.1, 0.15) is 67.2 Å². The predicted octanol–water partition coefficient (Wildman–Crippen LogP) is 5.43. The number of halogens is 1. The van der Waals surface area contributed by atoms with Crippen molar-refractivity contribution >= 4 is 28.1 Å². The van der Waals surface area contributed by atoms with Crippen LogP contribution in [0.4, 0.5) is 15.2 Å². The molecule has 0 N–H and O–H groups in total. The fraction of sp³-hybridized carbons (Fsp3) is 0.458. The maximum Gasteiger partial charge on any atom is 0.278 e. The number of carbonyl (C=O) groups is 1. The van der Waals surface area contributed by atoms with E-state index in [0.29, 0.717) is 24.0 Å².